The molecule has 0 atom stereocenters. The highest BCUT2D eigenvalue weighted by Gasteiger charge is 2.28. The van der Waals surface area contributed by atoms with Gasteiger partial charge in [0.25, 0.3) is 5.91 Å². The largest absolute Gasteiger partial charge is 0.351 e. The summed E-state index contributed by atoms with van der Waals surface area (Å²) in [5.41, 5.74) is 1.75. The standard InChI is InChI=1S/C19H26N4O/c1-21-8-6-16(7-9-21)22-10-12-23(13-11-22)19(24)18-14-15-4-2-3-5-17(15)20-18/h2-5,14,16,20H,6-13H2,1H3. The Morgan fingerprint density at radius 1 is 1.04 bits per heavy atom. The number of H-pyrrole nitrogens is 1. The fraction of sp³-hybridized carbons (Fsp3) is 0.526. The van der Waals surface area contributed by atoms with E-state index >= 15 is 0 Å². The van der Waals surface area contributed by atoms with Crippen molar-refractivity contribution in [1.82, 2.24) is 19.7 Å². The van der Waals surface area contributed by atoms with E-state index in [9.17, 15) is 4.79 Å². The van der Waals surface area contributed by atoms with Gasteiger partial charge in [0.15, 0.2) is 0 Å². The molecule has 0 spiro atoms. The lowest BCUT2D eigenvalue weighted by molar-refractivity contribution is 0.0471. The molecule has 3 heterocycles. The third-order valence-corrected chi connectivity index (χ3v) is 5.57. The first kappa shape index (κ1) is 15.7. The number of aromatic amines is 1. The Morgan fingerprint density at radius 3 is 2.46 bits per heavy atom. The van der Waals surface area contributed by atoms with Crippen LogP contribution in [0.4, 0.5) is 0 Å². The molecule has 1 amide bonds. The fourth-order valence-corrected chi connectivity index (χ4v) is 4.01. The van der Waals surface area contributed by atoms with Crippen LogP contribution in [0, 0.1) is 0 Å². The molecule has 1 aromatic carbocycles. The molecule has 4 rings (SSSR count). The number of nitrogens with one attached hydrogen (secondary N) is 1. The molecule has 0 bridgehead atoms. The molecule has 2 aliphatic rings. The average molecular weight is 326 g/mol. The summed E-state index contributed by atoms with van der Waals surface area (Å²) in [7, 11) is 2.20. The second-order valence-electron chi connectivity index (χ2n) is 7.13. The van der Waals surface area contributed by atoms with Gasteiger partial charge in [0.1, 0.15) is 5.69 Å². The molecular formula is C19H26N4O. The highest BCUT2D eigenvalue weighted by Crippen LogP contribution is 2.20. The summed E-state index contributed by atoms with van der Waals surface area (Å²) in [6.07, 6.45) is 2.51. The molecule has 5 nitrogen and oxygen atoms in total. The van der Waals surface area contributed by atoms with E-state index in [0.29, 0.717) is 11.7 Å². The molecule has 2 aromatic rings. The van der Waals surface area contributed by atoms with Crippen LogP contribution in [0.25, 0.3) is 10.9 Å². The highest BCUT2D eigenvalue weighted by atomic mass is 16.2. The summed E-state index contributed by atoms with van der Waals surface area (Å²) in [6, 6.07) is 10.7. The van der Waals surface area contributed by atoms with Gasteiger partial charge in [-0.3, -0.25) is 9.69 Å². The fourth-order valence-electron chi connectivity index (χ4n) is 4.01. The molecule has 0 saturated carbocycles. The molecule has 0 unspecified atom stereocenters. The normalized spacial score (nSPS) is 21.5. The van der Waals surface area contributed by atoms with Gasteiger partial charge >= 0.3 is 0 Å². The number of fused-ring (bicyclic) bond motifs is 1. The van der Waals surface area contributed by atoms with Gasteiger partial charge in [0, 0.05) is 43.1 Å². The van der Waals surface area contributed by atoms with Crippen molar-refractivity contribution in [3.63, 3.8) is 0 Å². The lowest BCUT2D eigenvalue weighted by Gasteiger charge is -2.42. The zero-order valence-corrected chi connectivity index (χ0v) is 14.4. The minimum absolute atomic E-state index is 0.134. The number of hydrogen-bond donors (Lipinski definition) is 1. The van der Waals surface area contributed by atoms with E-state index in [0.717, 1.165) is 37.1 Å². The number of para-hydroxylation sites is 1. The molecule has 2 aliphatic heterocycles. The third kappa shape index (κ3) is 3.06. The zero-order valence-electron chi connectivity index (χ0n) is 14.4. The van der Waals surface area contributed by atoms with Crippen LogP contribution in [0.3, 0.4) is 0 Å². The van der Waals surface area contributed by atoms with Crippen molar-refractivity contribution in [1.29, 1.82) is 0 Å². The summed E-state index contributed by atoms with van der Waals surface area (Å²) in [6.45, 7) is 6.06. The summed E-state index contributed by atoms with van der Waals surface area (Å²) in [5, 5.41) is 1.10. The number of carbonyl (C=O) groups is 1. The van der Waals surface area contributed by atoms with Crippen molar-refractivity contribution in [3.05, 3.63) is 36.0 Å². The predicted molar refractivity (Wildman–Crippen MR) is 96.3 cm³/mol. The molecule has 1 N–H and O–H groups in total. The second kappa shape index (κ2) is 6.57. The maximum Gasteiger partial charge on any atom is 0.270 e. The number of amides is 1. The summed E-state index contributed by atoms with van der Waals surface area (Å²) in [5.74, 6) is 0.134. The summed E-state index contributed by atoms with van der Waals surface area (Å²) >= 11 is 0. The number of benzene rings is 1. The lowest BCUT2D eigenvalue weighted by Crippen LogP contribution is -2.54. The Hall–Kier alpha value is -1.85. The van der Waals surface area contributed by atoms with Crippen LogP contribution in [0.15, 0.2) is 30.3 Å². The van der Waals surface area contributed by atoms with E-state index in [1.165, 1.54) is 25.9 Å². The number of piperazine rings is 1. The van der Waals surface area contributed by atoms with Gasteiger partial charge in [-0.1, -0.05) is 18.2 Å². The SMILES string of the molecule is CN1CCC(N2CCN(C(=O)c3cc4ccccc4[nH]3)CC2)CC1. The van der Waals surface area contributed by atoms with Gasteiger partial charge in [-0.2, -0.15) is 0 Å². The van der Waals surface area contributed by atoms with Crippen LogP contribution in [-0.2, 0) is 0 Å². The Bertz CT molecular complexity index is 676. The Labute approximate surface area is 143 Å². The van der Waals surface area contributed by atoms with E-state index in [-0.39, 0.29) is 5.91 Å². The van der Waals surface area contributed by atoms with Gasteiger partial charge < -0.3 is 14.8 Å². The van der Waals surface area contributed by atoms with Gasteiger partial charge in [-0.15, -0.1) is 0 Å². The molecule has 2 fully saturated rings. The maximum atomic E-state index is 12.8. The number of aromatic nitrogens is 1. The summed E-state index contributed by atoms with van der Waals surface area (Å²) < 4.78 is 0. The Balaban J connectivity index is 1.37. The van der Waals surface area contributed by atoms with Crippen LogP contribution >= 0.6 is 0 Å². The van der Waals surface area contributed by atoms with Crippen molar-refractivity contribution in [2.45, 2.75) is 18.9 Å². The molecule has 128 valence electrons. The molecule has 0 aliphatic carbocycles. The van der Waals surface area contributed by atoms with Crippen molar-refractivity contribution < 1.29 is 4.79 Å². The number of piperidine rings is 1. The van der Waals surface area contributed by atoms with E-state index in [1.807, 2.05) is 35.2 Å². The molecule has 0 radical (unpaired) electrons. The van der Waals surface area contributed by atoms with E-state index in [1.54, 1.807) is 0 Å². The lowest BCUT2D eigenvalue weighted by atomic mass is 10.0. The van der Waals surface area contributed by atoms with Crippen LogP contribution in [0.1, 0.15) is 23.3 Å². The van der Waals surface area contributed by atoms with E-state index in [2.05, 4.69) is 21.8 Å². The van der Waals surface area contributed by atoms with Crippen molar-refractivity contribution in [3.8, 4) is 0 Å². The maximum absolute atomic E-state index is 12.8. The molecule has 5 heteroatoms. The summed E-state index contributed by atoms with van der Waals surface area (Å²) in [4.78, 5) is 23.0. The number of nitrogens with zero attached hydrogens (tertiary/aromatic N) is 3. The second-order valence-corrected chi connectivity index (χ2v) is 7.13. The first-order valence-electron chi connectivity index (χ1n) is 9.00. The number of carbonyl (C=O) groups excluding carboxylic acids is 1. The first-order valence-corrected chi connectivity index (χ1v) is 9.00. The number of hydrogen-bond acceptors (Lipinski definition) is 3. The smallest absolute Gasteiger partial charge is 0.270 e. The van der Waals surface area contributed by atoms with Gasteiger partial charge in [0.2, 0.25) is 0 Å². The number of rotatable bonds is 2. The quantitative estimate of drug-likeness (QED) is 0.918. The van der Waals surface area contributed by atoms with Crippen LogP contribution < -0.4 is 0 Å². The van der Waals surface area contributed by atoms with Crippen LogP contribution in [0.5, 0.6) is 0 Å². The molecular weight excluding hydrogens is 300 g/mol. The van der Waals surface area contributed by atoms with E-state index < -0.39 is 0 Å². The van der Waals surface area contributed by atoms with Crippen molar-refractivity contribution in [2.75, 3.05) is 46.3 Å². The Morgan fingerprint density at radius 2 is 1.75 bits per heavy atom. The monoisotopic (exact) mass is 326 g/mol. The Kier molecular flexibility index (Phi) is 4.29. The zero-order chi connectivity index (χ0) is 16.5. The van der Waals surface area contributed by atoms with Gasteiger partial charge in [-0.05, 0) is 45.1 Å². The molecule has 2 saturated heterocycles. The number of likely N-dealkylation sites (tertiary alicyclic amines) is 1. The topological polar surface area (TPSA) is 42.6 Å². The third-order valence-electron chi connectivity index (χ3n) is 5.57. The minimum atomic E-state index is 0.134. The van der Waals surface area contributed by atoms with Crippen molar-refractivity contribution in [2.24, 2.45) is 0 Å². The van der Waals surface area contributed by atoms with Crippen molar-refractivity contribution >= 4 is 16.8 Å². The minimum Gasteiger partial charge on any atom is -0.351 e. The van der Waals surface area contributed by atoms with Gasteiger partial charge in [0.05, 0.1) is 0 Å². The first-order chi connectivity index (χ1) is 11.7. The van der Waals surface area contributed by atoms with E-state index in [4.69, 9.17) is 0 Å². The van der Waals surface area contributed by atoms with Crippen LogP contribution in [-0.4, -0.2) is 77.9 Å². The predicted octanol–water partition coefficient (Wildman–Crippen LogP) is 2.02. The molecule has 1 aromatic heterocycles. The molecule has 24 heavy (non-hydrogen) atoms. The highest BCUT2D eigenvalue weighted by molar-refractivity contribution is 5.98. The van der Waals surface area contributed by atoms with Gasteiger partial charge in [-0.25, -0.2) is 0 Å². The van der Waals surface area contributed by atoms with Crippen LogP contribution in [0.2, 0.25) is 0 Å². The average Bonchev–Trinajstić information content (AvgIpc) is 3.06.